The molecule has 13 heavy (non-hydrogen) atoms. The summed E-state index contributed by atoms with van der Waals surface area (Å²) in [6.07, 6.45) is 1.91. The molecule has 0 spiro atoms. The van der Waals surface area contributed by atoms with Gasteiger partial charge in [-0.25, -0.2) is 0 Å². The molecule has 0 amide bonds. The average molecular weight is 184 g/mol. The van der Waals surface area contributed by atoms with E-state index in [0.29, 0.717) is 17.9 Å². The summed E-state index contributed by atoms with van der Waals surface area (Å²) in [4.78, 5) is 0. The molecule has 0 bridgehead atoms. The summed E-state index contributed by atoms with van der Waals surface area (Å²) < 4.78 is 0. The Morgan fingerprint density at radius 2 is 1.85 bits per heavy atom. The molecule has 78 valence electrons. The molecular formula is C11H24N2. The van der Waals surface area contributed by atoms with E-state index >= 15 is 0 Å². The molecule has 0 aromatic rings. The number of hydrogen-bond acceptors (Lipinski definition) is 2. The first-order valence-corrected chi connectivity index (χ1v) is 5.10. The lowest BCUT2D eigenvalue weighted by molar-refractivity contribution is 0.381. The van der Waals surface area contributed by atoms with Crippen LogP contribution in [0.5, 0.6) is 0 Å². The first-order valence-electron chi connectivity index (χ1n) is 5.10. The van der Waals surface area contributed by atoms with Crippen LogP contribution in [0.15, 0.2) is 12.7 Å². The average Bonchev–Trinajstić information content (AvgIpc) is 2.11. The monoisotopic (exact) mass is 184 g/mol. The predicted molar refractivity (Wildman–Crippen MR) is 59.6 cm³/mol. The number of nitrogens with one attached hydrogen (secondary N) is 1. The third-order valence-electron chi connectivity index (χ3n) is 2.40. The molecule has 0 aliphatic carbocycles. The van der Waals surface area contributed by atoms with E-state index in [-0.39, 0.29) is 6.04 Å². The Balaban J connectivity index is 3.81. The maximum Gasteiger partial charge on any atom is 0.0252 e. The minimum atomic E-state index is 0.163. The lowest BCUT2D eigenvalue weighted by atomic mass is 9.96. The molecule has 0 rings (SSSR count). The number of rotatable bonds is 6. The van der Waals surface area contributed by atoms with Crippen LogP contribution in [0.2, 0.25) is 0 Å². The number of nitrogens with two attached hydrogens (primary N) is 1. The molecule has 2 nitrogen and oxygen atoms in total. The molecule has 0 radical (unpaired) electrons. The Hall–Kier alpha value is -0.340. The Morgan fingerprint density at radius 3 is 2.23 bits per heavy atom. The van der Waals surface area contributed by atoms with Gasteiger partial charge in [0.25, 0.3) is 0 Å². The summed E-state index contributed by atoms with van der Waals surface area (Å²) in [6, 6.07) is 0.520. The van der Waals surface area contributed by atoms with Gasteiger partial charge >= 0.3 is 0 Å². The summed E-state index contributed by atoms with van der Waals surface area (Å²) in [5.74, 6) is 1.04. The summed E-state index contributed by atoms with van der Waals surface area (Å²) >= 11 is 0. The standard InChI is InChI=1S/C11H24N2/c1-6-9(4)11(12)10(5)13-7-8(2)3/h6,8-11,13H,1,7,12H2,2-5H3/t9?,10-,11?/m0/s1. The van der Waals surface area contributed by atoms with Crippen LogP contribution in [0.1, 0.15) is 27.7 Å². The minimum Gasteiger partial charge on any atom is -0.326 e. The van der Waals surface area contributed by atoms with E-state index in [1.807, 2.05) is 6.08 Å². The van der Waals surface area contributed by atoms with Gasteiger partial charge in [0.05, 0.1) is 0 Å². The van der Waals surface area contributed by atoms with Crippen molar-refractivity contribution in [3.8, 4) is 0 Å². The van der Waals surface area contributed by atoms with Crippen molar-refractivity contribution in [2.45, 2.75) is 39.8 Å². The van der Waals surface area contributed by atoms with Crippen molar-refractivity contribution in [3.63, 3.8) is 0 Å². The normalized spacial score (nSPS) is 18.3. The zero-order valence-corrected chi connectivity index (χ0v) is 9.38. The van der Waals surface area contributed by atoms with E-state index in [1.54, 1.807) is 0 Å². The molecule has 3 N–H and O–H groups in total. The van der Waals surface area contributed by atoms with Gasteiger partial charge in [-0.05, 0) is 25.3 Å². The highest BCUT2D eigenvalue weighted by Gasteiger charge is 2.16. The van der Waals surface area contributed by atoms with Crippen LogP contribution in [-0.2, 0) is 0 Å². The van der Waals surface area contributed by atoms with Gasteiger partial charge in [-0.2, -0.15) is 0 Å². The van der Waals surface area contributed by atoms with Crippen LogP contribution >= 0.6 is 0 Å². The number of hydrogen-bond donors (Lipinski definition) is 2. The van der Waals surface area contributed by atoms with E-state index in [4.69, 9.17) is 5.73 Å². The van der Waals surface area contributed by atoms with Gasteiger partial charge in [-0.15, -0.1) is 6.58 Å². The highest BCUT2D eigenvalue weighted by atomic mass is 14.9. The molecule has 0 aliphatic rings. The summed E-state index contributed by atoms with van der Waals surface area (Å²) in [6.45, 7) is 13.4. The van der Waals surface area contributed by atoms with Gasteiger partial charge in [0.15, 0.2) is 0 Å². The molecule has 0 saturated carbocycles. The molecule has 2 heteroatoms. The SMILES string of the molecule is C=CC(C)C(N)[C@H](C)NCC(C)C. The molecule has 0 aromatic heterocycles. The lowest BCUT2D eigenvalue weighted by Crippen LogP contribution is -2.47. The Kier molecular flexibility index (Phi) is 6.00. The molecular weight excluding hydrogens is 160 g/mol. The van der Waals surface area contributed by atoms with Gasteiger partial charge < -0.3 is 11.1 Å². The lowest BCUT2D eigenvalue weighted by Gasteiger charge is -2.25. The largest absolute Gasteiger partial charge is 0.326 e. The Labute approximate surface area is 82.6 Å². The zero-order valence-electron chi connectivity index (χ0n) is 9.38. The third-order valence-corrected chi connectivity index (χ3v) is 2.40. The van der Waals surface area contributed by atoms with Crippen LogP contribution in [0, 0.1) is 11.8 Å². The van der Waals surface area contributed by atoms with Crippen molar-refractivity contribution in [2.75, 3.05) is 6.54 Å². The van der Waals surface area contributed by atoms with Crippen LogP contribution in [0.3, 0.4) is 0 Å². The molecule has 0 saturated heterocycles. The van der Waals surface area contributed by atoms with Crippen LogP contribution in [-0.4, -0.2) is 18.6 Å². The zero-order chi connectivity index (χ0) is 10.4. The maximum absolute atomic E-state index is 6.02. The fourth-order valence-electron chi connectivity index (χ4n) is 1.17. The molecule has 2 unspecified atom stereocenters. The predicted octanol–water partition coefficient (Wildman–Crippen LogP) is 1.77. The van der Waals surface area contributed by atoms with Crippen molar-refractivity contribution in [1.82, 2.24) is 5.32 Å². The fraction of sp³-hybridized carbons (Fsp3) is 0.818. The van der Waals surface area contributed by atoms with Crippen molar-refractivity contribution < 1.29 is 0 Å². The molecule has 0 heterocycles. The Bertz CT molecular complexity index is 143. The summed E-state index contributed by atoms with van der Waals surface area (Å²) in [5, 5.41) is 3.42. The van der Waals surface area contributed by atoms with Crippen molar-refractivity contribution in [1.29, 1.82) is 0 Å². The smallest absolute Gasteiger partial charge is 0.0252 e. The van der Waals surface area contributed by atoms with Crippen molar-refractivity contribution in [3.05, 3.63) is 12.7 Å². The minimum absolute atomic E-state index is 0.163. The highest BCUT2D eigenvalue weighted by molar-refractivity contribution is 4.89. The van der Waals surface area contributed by atoms with Crippen LogP contribution in [0.25, 0.3) is 0 Å². The van der Waals surface area contributed by atoms with Gasteiger partial charge in [-0.1, -0.05) is 26.8 Å². The van der Waals surface area contributed by atoms with Gasteiger partial charge in [0.1, 0.15) is 0 Å². The summed E-state index contributed by atoms with van der Waals surface area (Å²) in [5.41, 5.74) is 6.02. The first kappa shape index (κ1) is 12.7. The highest BCUT2D eigenvalue weighted by Crippen LogP contribution is 2.05. The third kappa shape index (κ3) is 5.06. The fourth-order valence-corrected chi connectivity index (χ4v) is 1.17. The van der Waals surface area contributed by atoms with Gasteiger partial charge in [0.2, 0.25) is 0 Å². The topological polar surface area (TPSA) is 38.0 Å². The van der Waals surface area contributed by atoms with E-state index in [9.17, 15) is 0 Å². The maximum atomic E-state index is 6.02. The van der Waals surface area contributed by atoms with Crippen LogP contribution < -0.4 is 11.1 Å². The second-order valence-corrected chi connectivity index (χ2v) is 4.26. The van der Waals surface area contributed by atoms with E-state index in [0.717, 1.165) is 6.54 Å². The van der Waals surface area contributed by atoms with Crippen LogP contribution in [0.4, 0.5) is 0 Å². The van der Waals surface area contributed by atoms with Crippen molar-refractivity contribution >= 4 is 0 Å². The second-order valence-electron chi connectivity index (χ2n) is 4.26. The second kappa shape index (κ2) is 6.17. The van der Waals surface area contributed by atoms with Gasteiger partial charge in [-0.3, -0.25) is 0 Å². The molecule has 0 fully saturated rings. The summed E-state index contributed by atoms with van der Waals surface area (Å²) in [7, 11) is 0. The molecule has 3 atom stereocenters. The van der Waals surface area contributed by atoms with Gasteiger partial charge in [0, 0.05) is 12.1 Å². The quantitative estimate of drug-likeness (QED) is 0.617. The molecule has 0 aromatic carbocycles. The van der Waals surface area contributed by atoms with Crippen molar-refractivity contribution in [2.24, 2.45) is 17.6 Å². The van der Waals surface area contributed by atoms with E-state index in [2.05, 4.69) is 39.6 Å². The Morgan fingerprint density at radius 1 is 1.31 bits per heavy atom. The molecule has 0 aliphatic heterocycles. The van der Waals surface area contributed by atoms with E-state index in [1.165, 1.54) is 0 Å². The van der Waals surface area contributed by atoms with E-state index < -0.39 is 0 Å². The first-order chi connectivity index (χ1) is 5.99.